The zero-order valence-corrected chi connectivity index (χ0v) is 13.7. The van der Waals surface area contributed by atoms with Crippen molar-refractivity contribution < 1.29 is 9.53 Å². The van der Waals surface area contributed by atoms with Gasteiger partial charge in [0.25, 0.3) is 0 Å². The molecule has 1 aromatic heterocycles. The molecule has 0 spiro atoms. The first kappa shape index (κ1) is 15.7. The highest BCUT2D eigenvalue weighted by molar-refractivity contribution is 5.81. The molecule has 0 saturated carbocycles. The summed E-state index contributed by atoms with van der Waals surface area (Å²) in [5.41, 5.74) is 3.04. The van der Waals surface area contributed by atoms with Gasteiger partial charge in [0, 0.05) is 13.2 Å². The summed E-state index contributed by atoms with van der Waals surface area (Å²) in [5.74, 6) is 0.796. The normalized spacial score (nSPS) is 19.0. The quantitative estimate of drug-likeness (QED) is 0.863. The second-order valence-corrected chi connectivity index (χ2v) is 6.23. The number of allylic oxidation sites excluding steroid dienone is 1. The van der Waals surface area contributed by atoms with Crippen molar-refractivity contribution in [2.45, 2.75) is 45.4 Å². The zero-order chi connectivity index (χ0) is 16.4. The van der Waals surface area contributed by atoms with Crippen LogP contribution >= 0.6 is 0 Å². The van der Waals surface area contributed by atoms with E-state index in [0.29, 0.717) is 13.2 Å². The van der Waals surface area contributed by atoms with E-state index in [-0.39, 0.29) is 18.1 Å². The average Bonchev–Trinajstić information content (AvgIpc) is 3.15. The van der Waals surface area contributed by atoms with E-state index in [4.69, 9.17) is 9.72 Å². The molecule has 0 radical (unpaired) electrons. The van der Waals surface area contributed by atoms with Crippen molar-refractivity contribution in [2.24, 2.45) is 0 Å². The van der Waals surface area contributed by atoms with Crippen molar-refractivity contribution in [3.05, 3.63) is 42.2 Å². The number of imidazole rings is 1. The number of fused-ring (bicyclic) bond motifs is 1. The van der Waals surface area contributed by atoms with Crippen molar-refractivity contribution in [1.29, 1.82) is 0 Å². The summed E-state index contributed by atoms with van der Waals surface area (Å²) < 4.78 is 7.57. The Morgan fingerprint density at radius 3 is 3.00 bits per heavy atom. The molecule has 1 N–H and O–H groups in total. The Labute approximate surface area is 136 Å². The van der Waals surface area contributed by atoms with Crippen LogP contribution in [0.15, 0.2) is 36.4 Å². The molecule has 122 valence electrons. The van der Waals surface area contributed by atoms with Crippen LogP contribution in [0.1, 0.15) is 38.6 Å². The topological polar surface area (TPSA) is 56.2 Å². The predicted molar refractivity (Wildman–Crippen MR) is 90.1 cm³/mol. The van der Waals surface area contributed by atoms with E-state index in [1.54, 1.807) is 0 Å². The lowest BCUT2D eigenvalue weighted by Gasteiger charge is -2.18. The molecule has 1 saturated heterocycles. The summed E-state index contributed by atoms with van der Waals surface area (Å²) in [5, 5.41) is 3.04. The molecular weight excluding hydrogens is 290 g/mol. The number of hydrogen-bond donors (Lipinski definition) is 1. The fourth-order valence-electron chi connectivity index (χ4n) is 3.02. The van der Waals surface area contributed by atoms with Gasteiger partial charge < -0.3 is 14.6 Å². The number of rotatable bonds is 5. The molecule has 2 heterocycles. The van der Waals surface area contributed by atoms with Crippen molar-refractivity contribution in [3.63, 3.8) is 0 Å². The molecule has 0 aliphatic carbocycles. The van der Waals surface area contributed by atoms with Gasteiger partial charge in [0.15, 0.2) is 0 Å². The SMILES string of the molecule is C=C(C)Cn1c(C(C)NC(=O)C2CCCO2)nc2ccccc21. The highest BCUT2D eigenvalue weighted by Crippen LogP contribution is 2.22. The van der Waals surface area contributed by atoms with Crippen molar-refractivity contribution in [1.82, 2.24) is 14.9 Å². The van der Waals surface area contributed by atoms with Gasteiger partial charge in [0.1, 0.15) is 11.9 Å². The third-order valence-electron chi connectivity index (χ3n) is 4.08. The summed E-state index contributed by atoms with van der Waals surface area (Å²) >= 11 is 0. The fraction of sp³-hybridized carbons (Fsp3) is 0.444. The first-order valence-electron chi connectivity index (χ1n) is 8.08. The smallest absolute Gasteiger partial charge is 0.249 e. The van der Waals surface area contributed by atoms with Crippen LogP contribution in [0.5, 0.6) is 0 Å². The molecule has 0 bridgehead atoms. The number of carbonyl (C=O) groups is 1. The van der Waals surface area contributed by atoms with Crippen LogP contribution in [0.2, 0.25) is 0 Å². The van der Waals surface area contributed by atoms with E-state index in [1.165, 1.54) is 0 Å². The van der Waals surface area contributed by atoms with E-state index < -0.39 is 0 Å². The second kappa shape index (κ2) is 6.54. The largest absolute Gasteiger partial charge is 0.368 e. The Bertz CT molecular complexity index is 729. The standard InChI is InChI=1S/C18H23N3O2/c1-12(2)11-21-15-8-5-4-7-14(15)20-17(21)13(3)19-18(22)16-9-6-10-23-16/h4-5,7-8,13,16H,1,6,9-11H2,2-3H3,(H,19,22). The van der Waals surface area contributed by atoms with Crippen LogP contribution < -0.4 is 5.32 Å². The third kappa shape index (κ3) is 3.29. The number of para-hydroxylation sites is 2. The Balaban J connectivity index is 1.88. The number of amides is 1. The summed E-state index contributed by atoms with van der Waals surface area (Å²) in [6.45, 7) is 9.32. The molecule has 5 heteroatoms. The Morgan fingerprint density at radius 1 is 1.52 bits per heavy atom. The molecule has 23 heavy (non-hydrogen) atoms. The van der Waals surface area contributed by atoms with Gasteiger partial charge in [-0.3, -0.25) is 4.79 Å². The number of aromatic nitrogens is 2. The molecule has 2 atom stereocenters. The number of nitrogens with zero attached hydrogens (tertiary/aromatic N) is 2. The van der Waals surface area contributed by atoms with Crippen molar-refractivity contribution >= 4 is 16.9 Å². The van der Waals surface area contributed by atoms with Crippen LogP contribution in [0.4, 0.5) is 0 Å². The molecule has 5 nitrogen and oxygen atoms in total. The van der Waals surface area contributed by atoms with E-state index >= 15 is 0 Å². The zero-order valence-electron chi connectivity index (χ0n) is 13.7. The second-order valence-electron chi connectivity index (χ2n) is 6.23. The van der Waals surface area contributed by atoms with Gasteiger partial charge >= 0.3 is 0 Å². The first-order chi connectivity index (χ1) is 11.1. The molecule has 1 amide bonds. The summed E-state index contributed by atoms with van der Waals surface area (Å²) in [6.07, 6.45) is 1.41. The van der Waals surface area contributed by atoms with Crippen molar-refractivity contribution in [3.8, 4) is 0 Å². The number of benzene rings is 1. The van der Waals surface area contributed by atoms with Crippen LogP contribution in [-0.2, 0) is 16.1 Å². The van der Waals surface area contributed by atoms with Crippen molar-refractivity contribution in [2.75, 3.05) is 6.61 Å². The molecular formula is C18H23N3O2. The Kier molecular flexibility index (Phi) is 4.48. The summed E-state index contributed by atoms with van der Waals surface area (Å²) in [7, 11) is 0. The van der Waals surface area contributed by atoms with Gasteiger partial charge in [-0.15, -0.1) is 0 Å². The lowest BCUT2D eigenvalue weighted by atomic mass is 10.2. The minimum Gasteiger partial charge on any atom is -0.368 e. The number of carbonyl (C=O) groups excluding carboxylic acids is 1. The van der Waals surface area contributed by atoms with Crippen LogP contribution in [-0.4, -0.2) is 28.2 Å². The van der Waals surface area contributed by atoms with Gasteiger partial charge in [0.2, 0.25) is 5.91 Å². The Hall–Kier alpha value is -2.14. The van der Waals surface area contributed by atoms with E-state index in [0.717, 1.165) is 35.3 Å². The third-order valence-corrected chi connectivity index (χ3v) is 4.08. The maximum Gasteiger partial charge on any atom is 0.249 e. The monoisotopic (exact) mass is 313 g/mol. The highest BCUT2D eigenvalue weighted by atomic mass is 16.5. The predicted octanol–water partition coefficient (Wildman–Crippen LogP) is 2.97. The molecule has 1 aromatic carbocycles. The number of nitrogens with one attached hydrogen (secondary N) is 1. The average molecular weight is 313 g/mol. The van der Waals surface area contributed by atoms with Crippen LogP contribution in [0.3, 0.4) is 0 Å². The van der Waals surface area contributed by atoms with Gasteiger partial charge in [-0.2, -0.15) is 0 Å². The molecule has 1 aliphatic rings. The first-order valence-corrected chi connectivity index (χ1v) is 8.08. The molecule has 1 aliphatic heterocycles. The summed E-state index contributed by atoms with van der Waals surface area (Å²) in [6, 6.07) is 7.82. The minimum absolute atomic E-state index is 0.0519. The highest BCUT2D eigenvalue weighted by Gasteiger charge is 2.26. The lowest BCUT2D eigenvalue weighted by Crippen LogP contribution is -2.36. The lowest BCUT2D eigenvalue weighted by molar-refractivity contribution is -0.130. The fourth-order valence-corrected chi connectivity index (χ4v) is 3.02. The number of ether oxygens (including phenoxy) is 1. The van der Waals surface area contributed by atoms with Gasteiger partial charge in [-0.05, 0) is 38.8 Å². The van der Waals surface area contributed by atoms with Crippen LogP contribution in [0, 0.1) is 0 Å². The van der Waals surface area contributed by atoms with E-state index in [2.05, 4.69) is 16.5 Å². The maximum atomic E-state index is 12.3. The van der Waals surface area contributed by atoms with E-state index in [9.17, 15) is 4.79 Å². The van der Waals surface area contributed by atoms with Crippen LogP contribution in [0.25, 0.3) is 11.0 Å². The molecule has 3 rings (SSSR count). The van der Waals surface area contributed by atoms with Gasteiger partial charge in [0.05, 0.1) is 17.1 Å². The van der Waals surface area contributed by atoms with E-state index in [1.807, 2.05) is 38.1 Å². The molecule has 1 fully saturated rings. The summed E-state index contributed by atoms with van der Waals surface area (Å²) in [4.78, 5) is 17.0. The van der Waals surface area contributed by atoms with Gasteiger partial charge in [-0.25, -0.2) is 4.98 Å². The molecule has 2 aromatic rings. The number of hydrogen-bond acceptors (Lipinski definition) is 3. The molecule has 2 unspecified atom stereocenters. The minimum atomic E-state index is -0.323. The van der Waals surface area contributed by atoms with Gasteiger partial charge in [-0.1, -0.05) is 24.3 Å². The maximum absolute atomic E-state index is 12.3. The Morgan fingerprint density at radius 2 is 2.30 bits per heavy atom.